The van der Waals surface area contributed by atoms with Crippen molar-refractivity contribution in [3.05, 3.63) is 59.2 Å². The van der Waals surface area contributed by atoms with Crippen molar-refractivity contribution in [1.82, 2.24) is 15.1 Å². The van der Waals surface area contributed by atoms with E-state index in [2.05, 4.69) is 34.2 Å². The maximum absolute atomic E-state index is 6.04. The number of nitrogens with zero attached hydrogens (tertiary/aromatic N) is 3. The second kappa shape index (κ2) is 5.50. The Bertz CT molecular complexity index is 857. The Morgan fingerprint density at radius 1 is 1.17 bits per heavy atom. The van der Waals surface area contributed by atoms with Gasteiger partial charge in [-0.25, -0.2) is 0 Å². The minimum atomic E-state index is -0.191. The third kappa shape index (κ3) is 2.59. The summed E-state index contributed by atoms with van der Waals surface area (Å²) in [6.07, 6.45) is 3.35. The molecule has 1 aliphatic rings. The molecule has 0 saturated heterocycles. The third-order valence-corrected chi connectivity index (χ3v) is 4.13. The minimum absolute atomic E-state index is 0.191. The molecule has 0 radical (unpaired) electrons. The van der Waals surface area contributed by atoms with Gasteiger partial charge in [-0.05, 0) is 50.5 Å². The van der Waals surface area contributed by atoms with Crippen LogP contribution >= 0.6 is 0 Å². The average Bonchev–Trinajstić information content (AvgIpc) is 3.04. The van der Waals surface area contributed by atoms with Crippen LogP contribution < -0.4 is 4.74 Å². The van der Waals surface area contributed by atoms with Gasteiger partial charge in [0.1, 0.15) is 5.75 Å². The summed E-state index contributed by atoms with van der Waals surface area (Å²) >= 11 is 0. The quantitative estimate of drug-likeness (QED) is 0.720. The lowest BCUT2D eigenvalue weighted by molar-refractivity contribution is 0.135. The summed E-state index contributed by atoms with van der Waals surface area (Å²) in [6, 6.07) is 10.0. The zero-order chi connectivity index (χ0) is 15.8. The van der Waals surface area contributed by atoms with Crippen molar-refractivity contribution in [1.29, 1.82) is 0 Å². The minimum Gasteiger partial charge on any atom is -0.480 e. The molecule has 0 amide bonds. The van der Waals surface area contributed by atoms with Crippen LogP contribution in [0.5, 0.6) is 5.75 Å². The van der Waals surface area contributed by atoms with Crippen molar-refractivity contribution in [2.45, 2.75) is 32.8 Å². The van der Waals surface area contributed by atoms with Gasteiger partial charge in [0, 0.05) is 17.5 Å². The SMILES string of the molecule is Cc1ccc2c(c1)CCC(c1nc(-c3cccnc3C)no1)O2. The molecule has 1 aromatic carbocycles. The number of aromatic nitrogens is 3. The highest BCUT2D eigenvalue weighted by molar-refractivity contribution is 5.56. The predicted molar refractivity (Wildman–Crippen MR) is 85.1 cm³/mol. The van der Waals surface area contributed by atoms with E-state index in [0.29, 0.717) is 11.7 Å². The van der Waals surface area contributed by atoms with Gasteiger partial charge in [0.2, 0.25) is 5.82 Å². The maximum Gasteiger partial charge on any atom is 0.268 e. The third-order valence-electron chi connectivity index (χ3n) is 4.13. The van der Waals surface area contributed by atoms with E-state index in [9.17, 15) is 0 Å². The normalized spacial score (nSPS) is 16.7. The van der Waals surface area contributed by atoms with E-state index in [0.717, 1.165) is 29.8 Å². The van der Waals surface area contributed by atoms with E-state index in [-0.39, 0.29) is 6.10 Å². The number of benzene rings is 1. The molecule has 0 bridgehead atoms. The van der Waals surface area contributed by atoms with Gasteiger partial charge in [0.25, 0.3) is 5.89 Å². The molecule has 4 rings (SSSR count). The molecular weight excluding hydrogens is 290 g/mol. The van der Waals surface area contributed by atoms with E-state index in [1.165, 1.54) is 11.1 Å². The molecule has 0 saturated carbocycles. The molecule has 1 atom stereocenters. The lowest BCUT2D eigenvalue weighted by atomic mass is 10.0. The zero-order valence-corrected chi connectivity index (χ0v) is 13.1. The largest absolute Gasteiger partial charge is 0.480 e. The summed E-state index contributed by atoms with van der Waals surface area (Å²) in [6.45, 7) is 4.02. The van der Waals surface area contributed by atoms with Gasteiger partial charge in [0.05, 0.1) is 0 Å². The van der Waals surface area contributed by atoms with Crippen LogP contribution in [0.15, 0.2) is 41.1 Å². The first-order valence-electron chi connectivity index (χ1n) is 7.72. The van der Waals surface area contributed by atoms with Crippen LogP contribution in [-0.2, 0) is 6.42 Å². The van der Waals surface area contributed by atoms with Crippen molar-refractivity contribution in [2.75, 3.05) is 0 Å². The molecule has 1 unspecified atom stereocenters. The molecule has 3 aromatic rings. The van der Waals surface area contributed by atoms with Crippen molar-refractivity contribution in [3.8, 4) is 17.1 Å². The first-order valence-corrected chi connectivity index (χ1v) is 7.72. The number of aryl methyl sites for hydroxylation is 3. The molecular formula is C18H17N3O2. The Balaban J connectivity index is 1.61. The summed E-state index contributed by atoms with van der Waals surface area (Å²) in [7, 11) is 0. The fraction of sp³-hybridized carbons (Fsp3) is 0.278. The van der Waals surface area contributed by atoms with Crippen LogP contribution in [-0.4, -0.2) is 15.1 Å². The topological polar surface area (TPSA) is 61.0 Å². The first-order chi connectivity index (χ1) is 11.2. The van der Waals surface area contributed by atoms with Crippen molar-refractivity contribution >= 4 is 0 Å². The molecule has 0 fully saturated rings. The number of rotatable bonds is 2. The van der Waals surface area contributed by atoms with Crippen LogP contribution in [0.2, 0.25) is 0 Å². The van der Waals surface area contributed by atoms with Crippen LogP contribution in [0.1, 0.15) is 35.2 Å². The maximum atomic E-state index is 6.04. The lowest BCUT2D eigenvalue weighted by Crippen LogP contribution is -2.15. The van der Waals surface area contributed by atoms with Gasteiger partial charge in [-0.2, -0.15) is 4.98 Å². The highest BCUT2D eigenvalue weighted by Gasteiger charge is 2.26. The monoisotopic (exact) mass is 307 g/mol. The fourth-order valence-electron chi connectivity index (χ4n) is 2.89. The van der Waals surface area contributed by atoms with E-state index in [1.54, 1.807) is 6.20 Å². The summed E-state index contributed by atoms with van der Waals surface area (Å²) < 4.78 is 11.5. The molecule has 3 heterocycles. The number of hydrogen-bond donors (Lipinski definition) is 0. The summed E-state index contributed by atoms with van der Waals surface area (Å²) in [5.74, 6) is 1.99. The average molecular weight is 307 g/mol. The highest BCUT2D eigenvalue weighted by Crippen LogP contribution is 2.35. The Labute approximate surface area is 134 Å². The molecule has 23 heavy (non-hydrogen) atoms. The highest BCUT2D eigenvalue weighted by atomic mass is 16.5. The van der Waals surface area contributed by atoms with E-state index >= 15 is 0 Å². The number of hydrogen-bond acceptors (Lipinski definition) is 5. The van der Waals surface area contributed by atoms with Crippen molar-refractivity contribution in [2.24, 2.45) is 0 Å². The second-order valence-electron chi connectivity index (χ2n) is 5.85. The molecule has 1 aliphatic heterocycles. The second-order valence-corrected chi connectivity index (χ2v) is 5.85. The van der Waals surface area contributed by atoms with Gasteiger partial charge < -0.3 is 9.26 Å². The number of ether oxygens (including phenoxy) is 1. The van der Waals surface area contributed by atoms with Gasteiger partial charge in [-0.3, -0.25) is 4.98 Å². The molecule has 0 aliphatic carbocycles. The van der Waals surface area contributed by atoms with E-state index < -0.39 is 0 Å². The fourth-order valence-corrected chi connectivity index (χ4v) is 2.89. The van der Waals surface area contributed by atoms with Crippen LogP contribution in [0, 0.1) is 13.8 Å². The van der Waals surface area contributed by atoms with Crippen LogP contribution in [0.25, 0.3) is 11.4 Å². The number of pyridine rings is 1. The smallest absolute Gasteiger partial charge is 0.268 e. The van der Waals surface area contributed by atoms with E-state index in [4.69, 9.17) is 9.26 Å². The van der Waals surface area contributed by atoms with Gasteiger partial charge in [-0.1, -0.05) is 22.9 Å². The van der Waals surface area contributed by atoms with Gasteiger partial charge >= 0.3 is 0 Å². The Kier molecular flexibility index (Phi) is 3.33. The molecule has 0 N–H and O–H groups in total. The lowest BCUT2D eigenvalue weighted by Gasteiger charge is -2.23. The zero-order valence-electron chi connectivity index (χ0n) is 13.1. The molecule has 2 aromatic heterocycles. The standard InChI is InChI=1S/C18H17N3O2/c1-11-5-7-15-13(10-11)6-8-16(22-15)18-20-17(21-23-18)14-4-3-9-19-12(14)2/h3-5,7,9-10,16H,6,8H2,1-2H3. The van der Waals surface area contributed by atoms with Gasteiger partial charge in [0.15, 0.2) is 6.10 Å². The Hall–Kier alpha value is -2.69. The van der Waals surface area contributed by atoms with E-state index in [1.807, 2.05) is 25.1 Å². The molecule has 0 spiro atoms. The van der Waals surface area contributed by atoms with Crippen molar-refractivity contribution < 1.29 is 9.26 Å². The summed E-state index contributed by atoms with van der Waals surface area (Å²) in [5.41, 5.74) is 4.25. The van der Waals surface area contributed by atoms with Crippen LogP contribution in [0.3, 0.4) is 0 Å². The van der Waals surface area contributed by atoms with Gasteiger partial charge in [-0.15, -0.1) is 0 Å². The Morgan fingerprint density at radius 2 is 2.09 bits per heavy atom. The molecule has 5 heteroatoms. The first kappa shape index (κ1) is 13.9. The number of fused-ring (bicyclic) bond motifs is 1. The summed E-state index contributed by atoms with van der Waals surface area (Å²) in [5, 5.41) is 4.09. The molecule has 116 valence electrons. The molecule has 5 nitrogen and oxygen atoms in total. The van der Waals surface area contributed by atoms with Crippen LogP contribution in [0.4, 0.5) is 0 Å². The van der Waals surface area contributed by atoms with Crippen molar-refractivity contribution in [3.63, 3.8) is 0 Å². The summed E-state index contributed by atoms with van der Waals surface area (Å²) in [4.78, 5) is 8.78. The predicted octanol–water partition coefficient (Wildman–Crippen LogP) is 3.81. The Morgan fingerprint density at radius 3 is 2.96 bits per heavy atom.